The highest BCUT2D eigenvalue weighted by Gasteiger charge is 2.21. The second-order valence-corrected chi connectivity index (χ2v) is 4.41. The van der Waals surface area contributed by atoms with E-state index < -0.39 is 12.0 Å². The molecule has 0 aliphatic heterocycles. The van der Waals surface area contributed by atoms with Gasteiger partial charge in [0.25, 0.3) is 0 Å². The first kappa shape index (κ1) is 11.9. The molecule has 0 aromatic rings. The van der Waals surface area contributed by atoms with Crippen LogP contribution in [0.1, 0.15) is 6.42 Å². The molecule has 2 aliphatic rings. The maximum atomic E-state index is 10.9. The van der Waals surface area contributed by atoms with E-state index in [9.17, 15) is 4.79 Å². The Morgan fingerprint density at radius 3 is 2.71 bits per heavy atom. The van der Waals surface area contributed by atoms with Crippen LogP contribution in [0, 0.1) is 11.8 Å². The lowest BCUT2D eigenvalue weighted by molar-refractivity contribution is -0.139. The quantitative estimate of drug-likeness (QED) is 0.777. The summed E-state index contributed by atoms with van der Waals surface area (Å²) in [6, 6.07) is -0.509. The van der Waals surface area contributed by atoms with E-state index in [0.29, 0.717) is 18.3 Å². The maximum Gasteiger partial charge on any atom is 0.321 e. The zero-order valence-electron chi connectivity index (χ0n) is 9.84. The number of fused-ring (bicyclic) bond motifs is 1. The van der Waals surface area contributed by atoms with Crippen molar-refractivity contribution in [3.63, 3.8) is 0 Å². The van der Waals surface area contributed by atoms with Gasteiger partial charge in [0.05, 0.1) is 0 Å². The molecule has 3 atom stereocenters. The fraction of sp³-hybridized carbons (Fsp3) is 0.357. The van der Waals surface area contributed by atoms with Gasteiger partial charge < -0.3 is 10.4 Å². The van der Waals surface area contributed by atoms with Gasteiger partial charge in [-0.25, -0.2) is 0 Å². The molecular formula is C14H17NO2. The maximum absolute atomic E-state index is 10.9. The molecule has 2 rings (SSSR count). The molecule has 0 amide bonds. The lowest BCUT2D eigenvalue weighted by Crippen LogP contribution is -2.34. The summed E-state index contributed by atoms with van der Waals surface area (Å²) in [4.78, 5) is 10.9. The number of allylic oxidation sites excluding steroid dienone is 7. The van der Waals surface area contributed by atoms with Gasteiger partial charge in [-0.15, -0.1) is 0 Å². The van der Waals surface area contributed by atoms with Crippen molar-refractivity contribution in [2.45, 2.75) is 12.5 Å². The van der Waals surface area contributed by atoms with E-state index in [2.05, 4.69) is 35.7 Å². The van der Waals surface area contributed by atoms with Crippen LogP contribution in [0.3, 0.4) is 0 Å². The Bertz CT molecular complexity index is 418. The zero-order valence-corrected chi connectivity index (χ0v) is 9.84. The predicted octanol–water partition coefficient (Wildman–Crippen LogP) is 1.90. The summed E-state index contributed by atoms with van der Waals surface area (Å²) < 4.78 is 0. The normalized spacial score (nSPS) is 27.5. The first-order valence-corrected chi connectivity index (χ1v) is 5.84. The van der Waals surface area contributed by atoms with Crippen LogP contribution in [0.25, 0.3) is 0 Å². The van der Waals surface area contributed by atoms with Crippen LogP contribution in [0.5, 0.6) is 0 Å². The number of rotatable bonds is 4. The van der Waals surface area contributed by atoms with Crippen LogP contribution in [0.15, 0.2) is 48.1 Å². The summed E-state index contributed by atoms with van der Waals surface area (Å²) in [5, 5.41) is 11.8. The van der Waals surface area contributed by atoms with Crippen molar-refractivity contribution >= 4 is 5.97 Å². The molecule has 0 radical (unpaired) electrons. The molecule has 0 aromatic heterocycles. The molecular weight excluding hydrogens is 214 g/mol. The van der Waals surface area contributed by atoms with Crippen molar-refractivity contribution in [2.24, 2.45) is 11.8 Å². The van der Waals surface area contributed by atoms with E-state index in [0.717, 1.165) is 5.57 Å². The Kier molecular flexibility index (Phi) is 3.59. The van der Waals surface area contributed by atoms with Crippen molar-refractivity contribution in [1.82, 2.24) is 5.32 Å². The fourth-order valence-electron chi connectivity index (χ4n) is 2.22. The van der Waals surface area contributed by atoms with Crippen molar-refractivity contribution in [3.8, 4) is 0 Å². The number of hydrogen-bond donors (Lipinski definition) is 2. The van der Waals surface area contributed by atoms with Crippen LogP contribution in [-0.4, -0.2) is 24.2 Å². The Balaban J connectivity index is 2.06. The molecule has 0 saturated carbocycles. The van der Waals surface area contributed by atoms with Gasteiger partial charge in [0.2, 0.25) is 0 Å². The molecule has 0 bridgehead atoms. The van der Waals surface area contributed by atoms with E-state index in [4.69, 9.17) is 5.11 Å². The molecule has 0 heterocycles. The summed E-state index contributed by atoms with van der Waals surface area (Å²) in [6.07, 6.45) is 15.3. The molecule has 2 aliphatic carbocycles. The minimum absolute atomic E-state index is 0.381. The third-order valence-electron chi connectivity index (χ3n) is 3.25. The van der Waals surface area contributed by atoms with E-state index in [1.54, 1.807) is 7.05 Å². The van der Waals surface area contributed by atoms with Gasteiger partial charge >= 0.3 is 5.97 Å². The van der Waals surface area contributed by atoms with Crippen LogP contribution in [0.2, 0.25) is 0 Å². The topological polar surface area (TPSA) is 49.3 Å². The van der Waals surface area contributed by atoms with E-state index in [-0.39, 0.29) is 0 Å². The minimum Gasteiger partial charge on any atom is -0.480 e. The number of hydrogen-bond acceptors (Lipinski definition) is 2. The first-order valence-electron chi connectivity index (χ1n) is 5.84. The third kappa shape index (κ3) is 2.74. The standard InChI is InChI=1S/C14H17NO2/c1-15-13(14(16)17)9-10-6-7-11-4-2-3-5-12(11)8-10/h2-8,11-13,15H,9H2,1H3,(H,16,17). The van der Waals surface area contributed by atoms with Gasteiger partial charge in [0.1, 0.15) is 6.04 Å². The molecule has 0 spiro atoms. The number of carboxylic acids is 1. The second kappa shape index (κ2) is 5.15. The van der Waals surface area contributed by atoms with Crippen molar-refractivity contribution in [3.05, 3.63) is 48.1 Å². The van der Waals surface area contributed by atoms with Crippen LogP contribution in [-0.2, 0) is 4.79 Å². The Labute approximate surface area is 101 Å². The predicted molar refractivity (Wildman–Crippen MR) is 67.6 cm³/mol. The highest BCUT2D eigenvalue weighted by atomic mass is 16.4. The van der Waals surface area contributed by atoms with Gasteiger partial charge in [0.15, 0.2) is 0 Å². The average molecular weight is 231 g/mol. The number of aliphatic carboxylic acids is 1. The number of carbonyl (C=O) groups is 1. The van der Waals surface area contributed by atoms with Crippen molar-refractivity contribution in [1.29, 1.82) is 0 Å². The molecule has 17 heavy (non-hydrogen) atoms. The highest BCUT2D eigenvalue weighted by Crippen LogP contribution is 2.29. The van der Waals surface area contributed by atoms with Gasteiger partial charge in [-0.05, 0) is 19.0 Å². The summed E-state index contributed by atoms with van der Waals surface area (Å²) >= 11 is 0. The summed E-state index contributed by atoms with van der Waals surface area (Å²) in [5.41, 5.74) is 1.09. The molecule has 3 nitrogen and oxygen atoms in total. The molecule has 3 heteroatoms. The van der Waals surface area contributed by atoms with Crippen LogP contribution < -0.4 is 5.32 Å². The average Bonchev–Trinajstić information content (AvgIpc) is 2.35. The summed E-state index contributed by atoms with van der Waals surface area (Å²) in [5.74, 6) is 0.0101. The first-order chi connectivity index (χ1) is 8.20. The third-order valence-corrected chi connectivity index (χ3v) is 3.25. The SMILES string of the molecule is CNC(CC1=CC2C=CC=CC2C=C1)C(=O)O. The lowest BCUT2D eigenvalue weighted by atomic mass is 9.82. The van der Waals surface area contributed by atoms with Crippen molar-refractivity contribution in [2.75, 3.05) is 7.05 Å². The monoisotopic (exact) mass is 231 g/mol. The number of likely N-dealkylation sites (N-methyl/N-ethyl adjacent to an activating group) is 1. The summed E-state index contributed by atoms with van der Waals surface area (Å²) in [7, 11) is 1.68. The fourth-order valence-corrected chi connectivity index (χ4v) is 2.22. The Morgan fingerprint density at radius 2 is 2.06 bits per heavy atom. The van der Waals surface area contributed by atoms with Crippen LogP contribution in [0.4, 0.5) is 0 Å². The summed E-state index contributed by atoms with van der Waals surface area (Å²) in [6.45, 7) is 0. The van der Waals surface area contributed by atoms with Gasteiger partial charge in [-0.2, -0.15) is 0 Å². The van der Waals surface area contributed by atoms with E-state index >= 15 is 0 Å². The lowest BCUT2D eigenvalue weighted by Gasteiger charge is -2.24. The molecule has 90 valence electrons. The van der Waals surface area contributed by atoms with Gasteiger partial charge in [0, 0.05) is 11.8 Å². The Morgan fingerprint density at radius 1 is 1.35 bits per heavy atom. The molecule has 0 aromatic carbocycles. The number of nitrogens with one attached hydrogen (secondary N) is 1. The van der Waals surface area contributed by atoms with Crippen LogP contribution >= 0.6 is 0 Å². The highest BCUT2D eigenvalue weighted by molar-refractivity contribution is 5.74. The molecule has 0 fully saturated rings. The Hall–Kier alpha value is -1.61. The zero-order chi connectivity index (χ0) is 12.3. The largest absolute Gasteiger partial charge is 0.480 e. The minimum atomic E-state index is -0.803. The van der Waals surface area contributed by atoms with E-state index in [1.165, 1.54) is 0 Å². The second-order valence-electron chi connectivity index (χ2n) is 4.41. The molecule has 0 saturated heterocycles. The van der Waals surface area contributed by atoms with Crippen molar-refractivity contribution < 1.29 is 9.90 Å². The van der Waals surface area contributed by atoms with E-state index in [1.807, 2.05) is 12.2 Å². The van der Waals surface area contributed by atoms with Gasteiger partial charge in [-0.1, -0.05) is 42.5 Å². The van der Waals surface area contributed by atoms with Gasteiger partial charge in [-0.3, -0.25) is 4.79 Å². The smallest absolute Gasteiger partial charge is 0.321 e. The molecule has 3 unspecified atom stereocenters. The number of carboxylic acid groups (broad SMARTS) is 1. The molecule has 2 N–H and O–H groups in total.